The number of benzene rings is 2. The normalized spacial score (nSPS) is 11.5. The fourth-order valence-electron chi connectivity index (χ4n) is 1.69. The molecular formula is C14H9Cl2F4N. The van der Waals surface area contributed by atoms with Crippen molar-refractivity contribution in [2.24, 2.45) is 0 Å². The van der Waals surface area contributed by atoms with Gasteiger partial charge in [0.2, 0.25) is 0 Å². The molecule has 0 spiro atoms. The van der Waals surface area contributed by atoms with Gasteiger partial charge in [-0.15, -0.1) is 0 Å². The smallest absolute Gasteiger partial charge is 0.380 e. The molecule has 0 atom stereocenters. The Labute approximate surface area is 128 Å². The van der Waals surface area contributed by atoms with Crippen LogP contribution in [0.1, 0.15) is 11.1 Å². The summed E-state index contributed by atoms with van der Waals surface area (Å²) in [6.45, 7) is 0.0775. The van der Waals surface area contributed by atoms with Crippen LogP contribution in [0.4, 0.5) is 23.2 Å². The lowest BCUT2D eigenvalue weighted by Crippen LogP contribution is -2.06. The van der Waals surface area contributed by atoms with Crippen LogP contribution < -0.4 is 5.32 Å². The molecule has 0 aliphatic carbocycles. The fraction of sp³-hybridized carbons (Fsp3) is 0.143. The van der Waals surface area contributed by atoms with E-state index in [4.69, 9.17) is 23.2 Å². The van der Waals surface area contributed by atoms with E-state index in [1.54, 1.807) is 0 Å². The van der Waals surface area contributed by atoms with E-state index < -0.39 is 17.6 Å². The third-order valence-corrected chi connectivity index (χ3v) is 3.33. The summed E-state index contributed by atoms with van der Waals surface area (Å²) < 4.78 is 51.1. The maximum absolute atomic E-state index is 13.6. The molecule has 0 aliphatic rings. The maximum atomic E-state index is 13.6. The molecule has 112 valence electrons. The van der Waals surface area contributed by atoms with Crippen molar-refractivity contribution >= 4 is 28.9 Å². The zero-order chi connectivity index (χ0) is 15.6. The average molecular weight is 338 g/mol. The fourth-order valence-corrected chi connectivity index (χ4v) is 2.10. The molecular weight excluding hydrogens is 329 g/mol. The molecule has 2 rings (SSSR count). The minimum absolute atomic E-state index is 0.0775. The Kier molecular flexibility index (Phi) is 4.64. The summed E-state index contributed by atoms with van der Waals surface area (Å²) in [7, 11) is 0. The maximum Gasteiger partial charge on any atom is 0.416 e. The molecule has 0 fully saturated rings. The summed E-state index contributed by atoms with van der Waals surface area (Å²) in [5.41, 5.74) is -0.217. The van der Waals surface area contributed by atoms with Crippen molar-refractivity contribution in [2.45, 2.75) is 12.7 Å². The van der Waals surface area contributed by atoms with E-state index in [0.717, 1.165) is 18.2 Å². The second-order valence-corrected chi connectivity index (χ2v) is 5.13. The quantitative estimate of drug-likeness (QED) is 0.701. The second-order valence-electron chi connectivity index (χ2n) is 4.28. The molecule has 0 bridgehead atoms. The first-order valence-corrected chi connectivity index (χ1v) is 6.57. The zero-order valence-corrected chi connectivity index (χ0v) is 12.0. The van der Waals surface area contributed by atoms with Crippen LogP contribution in [0.2, 0.25) is 10.0 Å². The van der Waals surface area contributed by atoms with Crippen LogP contribution in [-0.2, 0) is 12.7 Å². The van der Waals surface area contributed by atoms with E-state index in [-0.39, 0.29) is 16.6 Å². The molecule has 1 N–H and O–H groups in total. The third kappa shape index (κ3) is 4.02. The van der Waals surface area contributed by atoms with Gasteiger partial charge < -0.3 is 5.32 Å². The SMILES string of the molecule is Fc1cc(Cl)ccc1CNc1ccc(C(F)(F)F)cc1Cl. The van der Waals surface area contributed by atoms with Gasteiger partial charge in [0, 0.05) is 17.1 Å². The van der Waals surface area contributed by atoms with Crippen molar-refractivity contribution in [1.82, 2.24) is 0 Å². The molecule has 0 saturated heterocycles. The van der Waals surface area contributed by atoms with Crippen molar-refractivity contribution in [1.29, 1.82) is 0 Å². The van der Waals surface area contributed by atoms with Gasteiger partial charge in [-0.05, 0) is 30.3 Å². The third-order valence-electron chi connectivity index (χ3n) is 2.78. The van der Waals surface area contributed by atoms with E-state index in [9.17, 15) is 17.6 Å². The van der Waals surface area contributed by atoms with Crippen molar-refractivity contribution in [2.75, 3.05) is 5.32 Å². The lowest BCUT2D eigenvalue weighted by Gasteiger charge is -2.12. The lowest BCUT2D eigenvalue weighted by molar-refractivity contribution is -0.137. The summed E-state index contributed by atoms with van der Waals surface area (Å²) in [5, 5.41) is 2.97. The molecule has 1 nitrogen and oxygen atoms in total. The largest absolute Gasteiger partial charge is 0.416 e. The van der Waals surface area contributed by atoms with Crippen molar-refractivity contribution in [3.63, 3.8) is 0 Å². The van der Waals surface area contributed by atoms with Crippen LogP contribution in [-0.4, -0.2) is 0 Å². The second kappa shape index (κ2) is 6.12. The van der Waals surface area contributed by atoms with Gasteiger partial charge in [0.05, 0.1) is 16.3 Å². The number of anilines is 1. The topological polar surface area (TPSA) is 12.0 Å². The first kappa shape index (κ1) is 15.9. The molecule has 0 aromatic heterocycles. The molecule has 0 amide bonds. The number of alkyl halides is 3. The Morgan fingerprint density at radius 1 is 1.00 bits per heavy atom. The minimum Gasteiger partial charge on any atom is -0.380 e. The van der Waals surface area contributed by atoms with Gasteiger partial charge in [-0.25, -0.2) is 4.39 Å². The summed E-state index contributed by atoms with van der Waals surface area (Å²) in [6, 6.07) is 7.11. The summed E-state index contributed by atoms with van der Waals surface area (Å²) in [6.07, 6.45) is -4.45. The van der Waals surface area contributed by atoms with Crippen LogP contribution in [0.15, 0.2) is 36.4 Å². The van der Waals surface area contributed by atoms with Crippen LogP contribution in [0.5, 0.6) is 0 Å². The Morgan fingerprint density at radius 3 is 2.29 bits per heavy atom. The molecule has 0 unspecified atom stereocenters. The zero-order valence-electron chi connectivity index (χ0n) is 10.4. The van der Waals surface area contributed by atoms with Gasteiger partial charge in [-0.3, -0.25) is 0 Å². The molecule has 0 saturated carbocycles. The van der Waals surface area contributed by atoms with Gasteiger partial charge in [0.25, 0.3) is 0 Å². The van der Waals surface area contributed by atoms with E-state index in [1.165, 1.54) is 18.2 Å². The number of nitrogens with one attached hydrogen (secondary N) is 1. The summed E-state index contributed by atoms with van der Waals surface area (Å²) in [4.78, 5) is 0. The Balaban J connectivity index is 2.13. The predicted molar refractivity (Wildman–Crippen MR) is 75.2 cm³/mol. The minimum atomic E-state index is -4.45. The van der Waals surface area contributed by atoms with Gasteiger partial charge in [0.15, 0.2) is 0 Å². The van der Waals surface area contributed by atoms with Crippen LogP contribution in [0, 0.1) is 5.82 Å². The number of hydrogen-bond acceptors (Lipinski definition) is 1. The summed E-state index contributed by atoms with van der Waals surface area (Å²) >= 11 is 11.4. The average Bonchev–Trinajstić information content (AvgIpc) is 2.38. The molecule has 7 heteroatoms. The predicted octanol–water partition coefficient (Wildman–Crippen LogP) is 5.76. The molecule has 2 aromatic carbocycles. The van der Waals surface area contributed by atoms with Crippen molar-refractivity contribution in [3.8, 4) is 0 Å². The van der Waals surface area contributed by atoms with Crippen molar-refractivity contribution in [3.05, 3.63) is 63.4 Å². The first-order valence-electron chi connectivity index (χ1n) is 5.82. The number of rotatable bonds is 3. The first-order chi connectivity index (χ1) is 9.77. The highest BCUT2D eigenvalue weighted by atomic mass is 35.5. The monoisotopic (exact) mass is 337 g/mol. The van der Waals surface area contributed by atoms with Gasteiger partial charge >= 0.3 is 6.18 Å². The molecule has 21 heavy (non-hydrogen) atoms. The van der Waals surface area contributed by atoms with Crippen LogP contribution in [0.25, 0.3) is 0 Å². The lowest BCUT2D eigenvalue weighted by atomic mass is 10.1. The highest BCUT2D eigenvalue weighted by Crippen LogP contribution is 2.33. The Hall–Kier alpha value is -1.46. The summed E-state index contributed by atoms with van der Waals surface area (Å²) in [5.74, 6) is -0.502. The number of hydrogen-bond donors (Lipinski definition) is 1. The highest BCUT2D eigenvalue weighted by Gasteiger charge is 2.30. The van der Waals surface area contributed by atoms with E-state index >= 15 is 0 Å². The Bertz CT molecular complexity index is 656. The highest BCUT2D eigenvalue weighted by molar-refractivity contribution is 6.33. The van der Waals surface area contributed by atoms with Crippen LogP contribution in [0.3, 0.4) is 0 Å². The van der Waals surface area contributed by atoms with Crippen molar-refractivity contribution < 1.29 is 17.6 Å². The number of halogens is 6. The van der Waals surface area contributed by atoms with E-state index in [1.807, 2.05) is 0 Å². The molecule has 0 radical (unpaired) electrons. The van der Waals surface area contributed by atoms with Gasteiger partial charge in [-0.2, -0.15) is 13.2 Å². The van der Waals surface area contributed by atoms with Crippen LogP contribution >= 0.6 is 23.2 Å². The molecule has 0 heterocycles. The molecule has 2 aromatic rings. The standard InChI is InChI=1S/C14H9Cl2F4N/c15-10-3-1-8(12(17)6-10)7-21-13-4-2-9(5-11(13)16)14(18,19)20/h1-6,21H,7H2. The van der Waals surface area contributed by atoms with E-state index in [2.05, 4.69) is 5.32 Å². The van der Waals surface area contributed by atoms with Gasteiger partial charge in [0.1, 0.15) is 5.82 Å². The van der Waals surface area contributed by atoms with E-state index in [0.29, 0.717) is 11.3 Å². The Morgan fingerprint density at radius 2 is 1.71 bits per heavy atom. The van der Waals surface area contributed by atoms with Gasteiger partial charge in [-0.1, -0.05) is 29.3 Å². The molecule has 0 aliphatic heterocycles.